The third-order valence-corrected chi connectivity index (χ3v) is 5.03. The van der Waals surface area contributed by atoms with Gasteiger partial charge in [0.25, 0.3) is 0 Å². The zero-order valence-corrected chi connectivity index (χ0v) is 14.8. The van der Waals surface area contributed by atoms with Crippen LogP contribution in [0.5, 0.6) is 17.4 Å². The van der Waals surface area contributed by atoms with Gasteiger partial charge in [0, 0.05) is 47.7 Å². The molecule has 2 aromatic rings. The molecule has 0 N–H and O–H groups in total. The van der Waals surface area contributed by atoms with Crippen molar-refractivity contribution in [2.75, 3.05) is 24.6 Å². The standard InChI is InChI=1S/C17H15F3N2O4S/c18-17(19,20)12-1-6-15(21-11-12)25-13-2-4-14(5-3-13)26-16(23)22-7-9-27(24)10-8-22/h1-6,11H,7-10H2. The second-order valence-corrected chi connectivity index (χ2v) is 7.36. The van der Waals surface area contributed by atoms with Crippen LogP contribution in [0.25, 0.3) is 0 Å². The van der Waals surface area contributed by atoms with Crippen LogP contribution in [-0.4, -0.2) is 44.8 Å². The predicted octanol–water partition coefficient (Wildman–Crippen LogP) is 3.46. The quantitative estimate of drug-likeness (QED) is 0.789. The highest BCUT2D eigenvalue weighted by Crippen LogP contribution is 2.30. The number of nitrogens with zero attached hydrogens (tertiary/aromatic N) is 2. The first-order valence-electron chi connectivity index (χ1n) is 7.94. The Morgan fingerprint density at radius 2 is 1.67 bits per heavy atom. The molecule has 0 radical (unpaired) electrons. The van der Waals surface area contributed by atoms with Crippen LogP contribution < -0.4 is 9.47 Å². The van der Waals surface area contributed by atoms with Crippen LogP contribution >= 0.6 is 0 Å². The highest BCUT2D eigenvalue weighted by molar-refractivity contribution is 7.85. The minimum Gasteiger partial charge on any atom is -0.439 e. The molecule has 1 aromatic carbocycles. The Labute approximate surface area is 155 Å². The number of amides is 1. The number of hydrogen-bond acceptors (Lipinski definition) is 5. The molecule has 3 rings (SSSR count). The van der Waals surface area contributed by atoms with E-state index in [2.05, 4.69) is 4.98 Å². The lowest BCUT2D eigenvalue weighted by Crippen LogP contribution is -2.43. The zero-order chi connectivity index (χ0) is 19.4. The monoisotopic (exact) mass is 400 g/mol. The van der Waals surface area contributed by atoms with E-state index in [1.54, 1.807) is 0 Å². The number of carbonyl (C=O) groups is 1. The van der Waals surface area contributed by atoms with Crippen molar-refractivity contribution in [1.29, 1.82) is 0 Å². The maximum Gasteiger partial charge on any atom is 0.417 e. The van der Waals surface area contributed by atoms with Crippen LogP contribution in [-0.2, 0) is 17.0 Å². The molecule has 1 aliphatic heterocycles. The van der Waals surface area contributed by atoms with Crippen LogP contribution in [0.1, 0.15) is 5.56 Å². The molecule has 1 saturated heterocycles. The summed E-state index contributed by atoms with van der Waals surface area (Å²) in [4.78, 5) is 17.1. The third-order valence-electron chi connectivity index (χ3n) is 3.75. The summed E-state index contributed by atoms with van der Waals surface area (Å²) in [6.07, 6.45) is -4.29. The lowest BCUT2D eigenvalue weighted by atomic mass is 10.3. The van der Waals surface area contributed by atoms with Gasteiger partial charge in [0.05, 0.1) is 5.56 Å². The van der Waals surface area contributed by atoms with Crippen LogP contribution in [0.15, 0.2) is 42.6 Å². The van der Waals surface area contributed by atoms with Gasteiger partial charge in [-0.1, -0.05) is 0 Å². The Balaban J connectivity index is 1.57. The second-order valence-electron chi connectivity index (χ2n) is 5.66. The topological polar surface area (TPSA) is 68.7 Å². The molecule has 1 amide bonds. The zero-order valence-electron chi connectivity index (χ0n) is 13.9. The van der Waals surface area contributed by atoms with Crippen molar-refractivity contribution in [3.63, 3.8) is 0 Å². The number of benzene rings is 1. The summed E-state index contributed by atoms with van der Waals surface area (Å²) < 4.78 is 59.4. The van der Waals surface area contributed by atoms with Gasteiger partial charge in [-0.05, 0) is 30.3 Å². The Morgan fingerprint density at radius 1 is 1.04 bits per heavy atom. The van der Waals surface area contributed by atoms with E-state index in [1.165, 1.54) is 29.2 Å². The molecular formula is C17H15F3N2O4S. The van der Waals surface area contributed by atoms with Gasteiger partial charge in [0.15, 0.2) is 0 Å². The van der Waals surface area contributed by atoms with Crippen LogP contribution in [0, 0.1) is 0 Å². The van der Waals surface area contributed by atoms with Gasteiger partial charge >= 0.3 is 12.3 Å². The summed E-state index contributed by atoms with van der Waals surface area (Å²) in [5.41, 5.74) is -0.862. The molecule has 1 aliphatic rings. The lowest BCUT2D eigenvalue weighted by Gasteiger charge is -2.25. The SMILES string of the molecule is O=C(Oc1ccc(Oc2ccc(C(F)(F)F)cn2)cc1)N1CCS(=O)CC1. The van der Waals surface area contributed by atoms with Gasteiger partial charge in [0.2, 0.25) is 5.88 Å². The molecule has 2 heterocycles. The van der Waals surface area contributed by atoms with Gasteiger partial charge in [-0.3, -0.25) is 4.21 Å². The van der Waals surface area contributed by atoms with E-state index in [-0.39, 0.29) is 5.88 Å². The van der Waals surface area contributed by atoms with Crippen molar-refractivity contribution < 1.29 is 31.6 Å². The molecule has 144 valence electrons. The van der Waals surface area contributed by atoms with E-state index in [0.717, 1.165) is 12.1 Å². The van der Waals surface area contributed by atoms with E-state index in [4.69, 9.17) is 9.47 Å². The maximum absolute atomic E-state index is 12.5. The Hall–Kier alpha value is -2.62. The van der Waals surface area contributed by atoms with Crippen LogP contribution in [0.3, 0.4) is 0 Å². The van der Waals surface area contributed by atoms with Gasteiger partial charge in [-0.15, -0.1) is 0 Å². The van der Waals surface area contributed by atoms with Crippen LogP contribution in [0.4, 0.5) is 18.0 Å². The first-order valence-corrected chi connectivity index (χ1v) is 9.43. The minimum atomic E-state index is -4.46. The van der Waals surface area contributed by atoms with Gasteiger partial charge < -0.3 is 14.4 Å². The smallest absolute Gasteiger partial charge is 0.417 e. The average Bonchev–Trinajstić information content (AvgIpc) is 2.63. The minimum absolute atomic E-state index is 0.00839. The van der Waals surface area contributed by atoms with Crippen molar-refractivity contribution >= 4 is 16.9 Å². The molecule has 1 fully saturated rings. The number of hydrogen-bond donors (Lipinski definition) is 0. The fourth-order valence-electron chi connectivity index (χ4n) is 2.29. The number of alkyl halides is 3. The van der Waals surface area contributed by atoms with Crippen molar-refractivity contribution in [2.24, 2.45) is 0 Å². The van der Waals surface area contributed by atoms with Crippen LogP contribution in [0.2, 0.25) is 0 Å². The summed E-state index contributed by atoms with van der Waals surface area (Å²) in [6, 6.07) is 8.01. The van der Waals surface area contributed by atoms with E-state index in [0.29, 0.717) is 42.3 Å². The summed E-state index contributed by atoms with van der Waals surface area (Å²) in [5, 5.41) is 0. The Morgan fingerprint density at radius 3 is 2.22 bits per heavy atom. The molecule has 27 heavy (non-hydrogen) atoms. The molecule has 0 unspecified atom stereocenters. The van der Waals surface area contributed by atoms with Gasteiger partial charge in [0.1, 0.15) is 11.5 Å². The van der Waals surface area contributed by atoms with Crippen molar-refractivity contribution in [1.82, 2.24) is 9.88 Å². The van der Waals surface area contributed by atoms with Gasteiger partial charge in [-0.25, -0.2) is 9.78 Å². The first kappa shape index (κ1) is 19.2. The Bertz CT molecular complexity index is 816. The number of aromatic nitrogens is 1. The number of carbonyl (C=O) groups excluding carboxylic acids is 1. The largest absolute Gasteiger partial charge is 0.439 e. The number of ether oxygens (including phenoxy) is 2. The molecule has 0 atom stereocenters. The molecule has 1 aromatic heterocycles. The van der Waals surface area contributed by atoms with Crippen molar-refractivity contribution in [3.8, 4) is 17.4 Å². The number of pyridine rings is 1. The normalized spacial score (nSPS) is 15.4. The summed E-state index contributed by atoms with van der Waals surface area (Å²) in [5.74, 6) is 1.49. The van der Waals surface area contributed by atoms with Crippen molar-refractivity contribution in [3.05, 3.63) is 48.2 Å². The lowest BCUT2D eigenvalue weighted by molar-refractivity contribution is -0.137. The first-order chi connectivity index (χ1) is 12.8. The molecule has 0 spiro atoms. The Kier molecular flexibility index (Phi) is 5.64. The molecule has 0 aliphatic carbocycles. The molecule has 6 nitrogen and oxygen atoms in total. The maximum atomic E-state index is 12.5. The summed E-state index contributed by atoms with van der Waals surface area (Å²) in [7, 11) is -0.887. The van der Waals surface area contributed by atoms with E-state index in [9.17, 15) is 22.2 Å². The highest BCUT2D eigenvalue weighted by Gasteiger charge is 2.30. The van der Waals surface area contributed by atoms with E-state index in [1.807, 2.05) is 0 Å². The fraction of sp³-hybridized carbons (Fsp3) is 0.294. The molecular weight excluding hydrogens is 385 g/mol. The highest BCUT2D eigenvalue weighted by atomic mass is 32.2. The molecule has 0 saturated carbocycles. The van der Waals surface area contributed by atoms with E-state index >= 15 is 0 Å². The van der Waals surface area contributed by atoms with E-state index < -0.39 is 28.6 Å². The summed E-state index contributed by atoms with van der Waals surface area (Å²) in [6.45, 7) is 0.762. The predicted molar refractivity (Wildman–Crippen MR) is 91.2 cm³/mol. The van der Waals surface area contributed by atoms with Crippen molar-refractivity contribution in [2.45, 2.75) is 6.18 Å². The molecule has 0 bridgehead atoms. The summed E-state index contributed by atoms with van der Waals surface area (Å²) >= 11 is 0. The average molecular weight is 400 g/mol. The second kappa shape index (κ2) is 7.95. The number of rotatable bonds is 3. The fourth-order valence-corrected chi connectivity index (χ4v) is 3.34. The van der Waals surface area contributed by atoms with Gasteiger partial charge in [-0.2, -0.15) is 13.2 Å². The third kappa shape index (κ3) is 5.19. The molecule has 10 heteroatoms. The number of halogens is 3.